The molecule has 6 nitrogen and oxygen atoms in total. The molecule has 1 amide bonds. The number of carbonyl (C=O) groups excluding carboxylic acids is 2. The van der Waals surface area contributed by atoms with Gasteiger partial charge in [0.25, 0.3) is 11.7 Å². The van der Waals surface area contributed by atoms with Crippen molar-refractivity contribution in [1.82, 2.24) is 9.80 Å². The van der Waals surface area contributed by atoms with E-state index in [1.165, 1.54) is 11.0 Å². The molecule has 0 spiro atoms. The number of rotatable bonds is 6. The van der Waals surface area contributed by atoms with Gasteiger partial charge in [0, 0.05) is 37.3 Å². The summed E-state index contributed by atoms with van der Waals surface area (Å²) in [4.78, 5) is 29.5. The molecule has 2 aliphatic heterocycles. The van der Waals surface area contributed by atoms with E-state index in [0.717, 1.165) is 19.6 Å². The van der Waals surface area contributed by atoms with Gasteiger partial charge in [-0.1, -0.05) is 48.5 Å². The normalized spacial score (nSPS) is 21.6. The monoisotopic (exact) mass is 424 g/mol. The fourth-order valence-corrected chi connectivity index (χ4v) is 4.17. The molecule has 2 fully saturated rings. The predicted octanol–water partition coefficient (Wildman–Crippen LogP) is 2.97. The molecule has 1 N–H and O–H groups in total. The smallest absolute Gasteiger partial charge is 0.295 e. The van der Waals surface area contributed by atoms with Crippen molar-refractivity contribution in [1.29, 1.82) is 0 Å². The van der Waals surface area contributed by atoms with Crippen LogP contribution >= 0.6 is 0 Å². The molecule has 0 aromatic heterocycles. The Kier molecular flexibility index (Phi) is 6.44. The van der Waals surface area contributed by atoms with Crippen LogP contribution in [0.3, 0.4) is 0 Å². The van der Waals surface area contributed by atoms with E-state index in [9.17, 15) is 19.1 Å². The Bertz CT molecular complexity index is 986. The highest BCUT2D eigenvalue weighted by Gasteiger charge is 2.46. The zero-order valence-electron chi connectivity index (χ0n) is 17.2. The molecule has 0 bridgehead atoms. The number of ketones is 1. The Hall–Kier alpha value is -3.03. The van der Waals surface area contributed by atoms with Crippen LogP contribution in [0.25, 0.3) is 5.76 Å². The van der Waals surface area contributed by atoms with E-state index in [1.54, 1.807) is 48.5 Å². The van der Waals surface area contributed by atoms with Crippen LogP contribution < -0.4 is 0 Å². The summed E-state index contributed by atoms with van der Waals surface area (Å²) in [6.45, 7) is 4.03. The van der Waals surface area contributed by atoms with E-state index in [2.05, 4.69) is 4.90 Å². The Labute approximate surface area is 180 Å². The van der Waals surface area contributed by atoms with Gasteiger partial charge >= 0.3 is 0 Å². The molecule has 7 heteroatoms. The van der Waals surface area contributed by atoms with Crippen molar-refractivity contribution in [3.63, 3.8) is 0 Å². The first-order valence-electron chi connectivity index (χ1n) is 10.5. The maximum Gasteiger partial charge on any atom is 0.295 e. The van der Waals surface area contributed by atoms with E-state index in [0.29, 0.717) is 25.2 Å². The molecule has 4 rings (SSSR count). The lowest BCUT2D eigenvalue weighted by Crippen LogP contribution is -2.39. The average molecular weight is 424 g/mol. The zero-order chi connectivity index (χ0) is 21.8. The SMILES string of the molecule is O=C1C(=O)N(CCCN2CCOCC2)C(c2ccccc2F)/C1=C(/O)c1ccccc1. The number of carbonyl (C=O) groups is 2. The predicted molar refractivity (Wildman–Crippen MR) is 114 cm³/mol. The molecule has 162 valence electrons. The molecule has 1 atom stereocenters. The van der Waals surface area contributed by atoms with Crippen LogP contribution in [0.15, 0.2) is 60.2 Å². The lowest BCUT2D eigenvalue weighted by Gasteiger charge is -2.29. The number of ether oxygens (including phenoxy) is 1. The highest BCUT2D eigenvalue weighted by atomic mass is 19.1. The lowest BCUT2D eigenvalue weighted by atomic mass is 9.95. The molecule has 2 aliphatic rings. The Morgan fingerprint density at radius 1 is 1.00 bits per heavy atom. The van der Waals surface area contributed by atoms with Gasteiger partial charge in [0.15, 0.2) is 0 Å². The van der Waals surface area contributed by atoms with Crippen molar-refractivity contribution in [3.8, 4) is 0 Å². The molecule has 0 aliphatic carbocycles. The largest absolute Gasteiger partial charge is 0.507 e. The summed E-state index contributed by atoms with van der Waals surface area (Å²) in [5, 5.41) is 10.9. The van der Waals surface area contributed by atoms with Gasteiger partial charge < -0.3 is 14.7 Å². The standard InChI is InChI=1S/C24H25FN2O4/c25-19-10-5-4-9-18(19)21-20(22(28)17-7-2-1-3-8-17)23(29)24(30)27(21)12-6-11-26-13-15-31-16-14-26/h1-5,7-10,21,28H,6,11-16H2/b22-20-. The summed E-state index contributed by atoms with van der Waals surface area (Å²) in [7, 11) is 0. The third kappa shape index (κ3) is 4.38. The van der Waals surface area contributed by atoms with Gasteiger partial charge in [-0.3, -0.25) is 14.5 Å². The molecule has 0 saturated carbocycles. The number of amides is 1. The first-order chi connectivity index (χ1) is 15.1. The number of aliphatic hydroxyl groups is 1. The summed E-state index contributed by atoms with van der Waals surface area (Å²) >= 11 is 0. The summed E-state index contributed by atoms with van der Waals surface area (Å²) in [5.74, 6) is -2.32. The van der Waals surface area contributed by atoms with Gasteiger partial charge in [-0.2, -0.15) is 0 Å². The fourth-order valence-electron chi connectivity index (χ4n) is 4.17. The van der Waals surface area contributed by atoms with Crippen LogP contribution in [0.1, 0.15) is 23.6 Å². The summed E-state index contributed by atoms with van der Waals surface area (Å²) in [5.41, 5.74) is 0.536. The minimum Gasteiger partial charge on any atom is -0.507 e. The topological polar surface area (TPSA) is 70.1 Å². The molecule has 2 saturated heterocycles. The first-order valence-corrected chi connectivity index (χ1v) is 10.5. The van der Waals surface area contributed by atoms with Crippen molar-refractivity contribution in [2.75, 3.05) is 39.4 Å². The van der Waals surface area contributed by atoms with Gasteiger partial charge in [0.2, 0.25) is 0 Å². The van der Waals surface area contributed by atoms with E-state index >= 15 is 0 Å². The minimum absolute atomic E-state index is 0.0762. The summed E-state index contributed by atoms with van der Waals surface area (Å²) < 4.78 is 20.1. The maximum atomic E-state index is 14.7. The Morgan fingerprint density at radius 3 is 2.39 bits per heavy atom. The number of benzene rings is 2. The zero-order valence-corrected chi connectivity index (χ0v) is 17.2. The van der Waals surface area contributed by atoms with E-state index < -0.39 is 23.5 Å². The van der Waals surface area contributed by atoms with Gasteiger partial charge in [0.05, 0.1) is 24.8 Å². The van der Waals surface area contributed by atoms with Crippen LogP contribution in [0, 0.1) is 5.82 Å². The van der Waals surface area contributed by atoms with Crippen LogP contribution in [0.5, 0.6) is 0 Å². The molecule has 2 aromatic carbocycles. The maximum absolute atomic E-state index is 14.7. The number of likely N-dealkylation sites (tertiary alicyclic amines) is 1. The quantitative estimate of drug-likeness (QED) is 0.439. The van der Waals surface area contributed by atoms with Crippen LogP contribution in [0.4, 0.5) is 4.39 Å². The Balaban J connectivity index is 1.67. The number of hydrogen-bond donors (Lipinski definition) is 1. The number of hydrogen-bond acceptors (Lipinski definition) is 5. The van der Waals surface area contributed by atoms with Crippen molar-refractivity contribution in [2.45, 2.75) is 12.5 Å². The van der Waals surface area contributed by atoms with Gasteiger partial charge in [-0.25, -0.2) is 4.39 Å². The molecule has 2 heterocycles. The van der Waals surface area contributed by atoms with Crippen LogP contribution in [0.2, 0.25) is 0 Å². The fraction of sp³-hybridized carbons (Fsp3) is 0.333. The highest BCUT2D eigenvalue weighted by Crippen LogP contribution is 2.40. The third-order valence-corrected chi connectivity index (χ3v) is 5.76. The second kappa shape index (κ2) is 9.41. The minimum atomic E-state index is -0.967. The second-order valence-electron chi connectivity index (χ2n) is 7.69. The summed E-state index contributed by atoms with van der Waals surface area (Å²) in [6, 6.07) is 13.7. The average Bonchev–Trinajstić information content (AvgIpc) is 3.05. The second-order valence-corrected chi connectivity index (χ2v) is 7.69. The van der Waals surface area contributed by atoms with Crippen LogP contribution in [-0.4, -0.2) is 66.0 Å². The van der Waals surface area contributed by atoms with Crippen molar-refractivity contribution >= 4 is 17.4 Å². The van der Waals surface area contributed by atoms with Crippen molar-refractivity contribution < 1.29 is 23.8 Å². The molecule has 0 radical (unpaired) electrons. The number of Topliss-reactive ketones (excluding diaryl/α,β-unsaturated/α-hetero) is 1. The van der Waals surface area contributed by atoms with Crippen molar-refractivity contribution in [2.24, 2.45) is 0 Å². The van der Waals surface area contributed by atoms with E-state index in [1.807, 2.05) is 0 Å². The number of halogens is 1. The number of morpholine rings is 1. The van der Waals surface area contributed by atoms with Crippen molar-refractivity contribution in [3.05, 3.63) is 77.1 Å². The molecule has 31 heavy (non-hydrogen) atoms. The van der Waals surface area contributed by atoms with E-state index in [4.69, 9.17) is 4.74 Å². The molecule has 2 aromatic rings. The number of aliphatic hydroxyl groups excluding tert-OH is 1. The van der Waals surface area contributed by atoms with Gasteiger partial charge in [-0.05, 0) is 12.5 Å². The van der Waals surface area contributed by atoms with Crippen LogP contribution in [-0.2, 0) is 14.3 Å². The molecule has 1 unspecified atom stereocenters. The van der Waals surface area contributed by atoms with E-state index in [-0.39, 0.29) is 23.4 Å². The third-order valence-electron chi connectivity index (χ3n) is 5.76. The van der Waals surface area contributed by atoms with Gasteiger partial charge in [0.1, 0.15) is 11.6 Å². The molecular weight excluding hydrogens is 399 g/mol. The lowest BCUT2D eigenvalue weighted by molar-refractivity contribution is -0.140. The summed E-state index contributed by atoms with van der Waals surface area (Å²) in [6.07, 6.45) is 0.628. The highest BCUT2D eigenvalue weighted by molar-refractivity contribution is 6.46. The first kappa shape index (κ1) is 21.2. The molecular formula is C24H25FN2O4. The Morgan fingerprint density at radius 2 is 1.68 bits per heavy atom. The van der Waals surface area contributed by atoms with Gasteiger partial charge in [-0.15, -0.1) is 0 Å². The number of nitrogens with zero attached hydrogens (tertiary/aromatic N) is 2.